The monoisotopic (exact) mass is 295 g/mol. The van der Waals surface area contributed by atoms with E-state index in [0.717, 1.165) is 0 Å². The maximum absolute atomic E-state index is 11.2. The van der Waals surface area contributed by atoms with Gasteiger partial charge in [0.25, 0.3) is 0 Å². The van der Waals surface area contributed by atoms with Gasteiger partial charge < -0.3 is 19.3 Å². The lowest BCUT2D eigenvalue weighted by Gasteiger charge is -2.50. The van der Waals surface area contributed by atoms with Crippen LogP contribution in [0, 0.1) is 0 Å². The maximum atomic E-state index is 11.2. The molecule has 2 atom stereocenters. The summed E-state index contributed by atoms with van der Waals surface area (Å²) in [6, 6.07) is 0.610. The minimum Gasteiger partial charge on any atom is -0.481 e. The molecule has 2 fully saturated rings. The van der Waals surface area contributed by atoms with E-state index in [0.29, 0.717) is 37.5 Å². The van der Waals surface area contributed by atoms with Gasteiger partial charge in [-0.15, -0.1) is 0 Å². The first-order chi connectivity index (χ1) is 10.1. The summed E-state index contributed by atoms with van der Waals surface area (Å²) >= 11 is 0. The minimum absolute atomic E-state index is 0.189. The molecule has 21 heavy (non-hydrogen) atoms. The van der Waals surface area contributed by atoms with Crippen LogP contribution in [0.15, 0.2) is 6.20 Å². The maximum Gasteiger partial charge on any atom is 0.319 e. The normalized spacial score (nSPS) is 32.8. The molecule has 1 aromatic rings. The number of piperidine rings is 1. The Labute approximate surface area is 123 Å². The Morgan fingerprint density at radius 3 is 2.52 bits per heavy atom. The quantitative estimate of drug-likeness (QED) is 0.852. The number of rotatable bonds is 3. The number of ether oxygens (including phenoxy) is 3. The molecule has 0 radical (unpaired) electrons. The average Bonchev–Trinajstić information content (AvgIpc) is 2.48. The van der Waals surface area contributed by atoms with Crippen LogP contribution >= 0.6 is 0 Å². The smallest absolute Gasteiger partial charge is 0.319 e. The van der Waals surface area contributed by atoms with E-state index in [1.165, 1.54) is 14.2 Å². The van der Waals surface area contributed by atoms with Crippen LogP contribution < -0.4 is 9.47 Å². The van der Waals surface area contributed by atoms with Crippen LogP contribution in [0.1, 0.15) is 18.4 Å². The molecule has 116 valence electrons. The third-order valence-electron chi connectivity index (χ3n) is 4.53. The van der Waals surface area contributed by atoms with Gasteiger partial charge in [0.1, 0.15) is 0 Å². The van der Waals surface area contributed by atoms with E-state index in [-0.39, 0.29) is 18.1 Å². The summed E-state index contributed by atoms with van der Waals surface area (Å²) in [7, 11) is 5.12. The summed E-state index contributed by atoms with van der Waals surface area (Å²) in [6.07, 6.45) is 2.75. The van der Waals surface area contributed by atoms with Crippen LogP contribution in [0.2, 0.25) is 0 Å². The molecule has 3 heterocycles. The van der Waals surface area contributed by atoms with Crippen molar-refractivity contribution in [3.8, 4) is 11.9 Å². The molecule has 2 saturated heterocycles. The Morgan fingerprint density at radius 1 is 1.29 bits per heavy atom. The van der Waals surface area contributed by atoms with E-state index in [2.05, 4.69) is 21.9 Å². The van der Waals surface area contributed by atoms with Gasteiger partial charge in [-0.3, -0.25) is 4.90 Å². The third kappa shape index (κ3) is 2.45. The molecule has 1 N–H and O–H groups in total. The number of hydrogen-bond acceptors (Lipinski definition) is 7. The molecule has 7 nitrogen and oxygen atoms in total. The molecule has 2 unspecified atom stereocenters. The summed E-state index contributed by atoms with van der Waals surface area (Å²) in [4.78, 5) is 10.6. The first-order valence-electron chi connectivity index (χ1n) is 7.05. The zero-order valence-corrected chi connectivity index (χ0v) is 12.6. The minimum atomic E-state index is -0.997. The predicted molar refractivity (Wildman–Crippen MR) is 74.4 cm³/mol. The van der Waals surface area contributed by atoms with Crippen LogP contribution in [0.4, 0.5) is 0 Å². The second kappa shape index (κ2) is 5.40. The number of aromatic nitrogens is 2. The van der Waals surface area contributed by atoms with Gasteiger partial charge in [0, 0.05) is 18.3 Å². The summed E-state index contributed by atoms with van der Waals surface area (Å²) < 4.78 is 15.9. The van der Waals surface area contributed by atoms with E-state index in [9.17, 15) is 5.11 Å². The van der Waals surface area contributed by atoms with Gasteiger partial charge in [0.2, 0.25) is 5.88 Å². The fraction of sp³-hybridized carbons (Fsp3) is 0.714. The SMILES string of the molecule is COc1ncc(C2(O)CC3COCC(C2)N3C)c(OC)n1. The Hall–Kier alpha value is -1.44. The fourth-order valence-corrected chi connectivity index (χ4v) is 3.29. The molecule has 0 aliphatic carbocycles. The lowest BCUT2D eigenvalue weighted by molar-refractivity contribution is -0.138. The lowest BCUT2D eigenvalue weighted by Crippen LogP contribution is -2.59. The fourth-order valence-electron chi connectivity index (χ4n) is 3.29. The van der Waals surface area contributed by atoms with Crippen LogP contribution in [-0.2, 0) is 10.3 Å². The Kier molecular flexibility index (Phi) is 3.73. The van der Waals surface area contributed by atoms with Gasteiger partial charge in [0.15, 0.2) is 0 Å². The van der Waals surface area contributed by atoms with Crippen molar-refractivity contribution in [2.24, 2.45) is 0 Å². The molecule has 2 bridgehead atoms. The largest absolute Gasteiger partial charge is 0.481 e. The van der Waals surface area contributed by atoms with Crippen molar-refractivity contribution in [2.75, 3.05) is 34.5 Å². The van der Waals surface area contributed by atoms with Gasteiger partial charge in [-0.2, -0.15) is 4.98 Å². The highest BCUT2D eigenvalue weighted by atomic mass is 16.5. The third-order valence-corrected chi connectivity index (χ3v) is 4.53. The van der Waals surface area contributed by atoms with E-state index in [1.54, 1.807) is 6.20 Å². The molecule has 0 spiro atoms. The van der Waals surface area contributed by atoms with Gasteiger partial charge >= 0.3 is 6.01 Å². The summed E-state index contributed by atoms with van der Waals surface area (Å²) in [5.41, 5.74) is -0.376. The van der Waals surface area contributed by atoms with Gasteiger partial charge in [-0.05, 0) is 19.9 Å². The zero-order chi connectivity index (χ0) is 15.0. The number of nitrogens with zero attached hydrogens (tertiary/aromatic N) is 3. The summed E-state index contributed by atoms with van der Waals surface area (Å²) in [6.45, 7) is 1.27. The van der Waals surface area contributed by atoms with Crippen LogP contribution in [-0.4, -0.2) is 66.5 Å². The average molecular weight is 295 g/mol. The molecule has 7 heteroatoms. The molecular formula is C14H21N3O4. The second-order valence-electron chi connectivity index (χ2n) is 5.73. The lowest BCUT2D eigenvalue weighted by atomic mass is 9.78. The predicted octanol–water partition coefficient (Wildman–Crippen LogP) is 0.174. The van der Waals surface area contributed by atoms with Gasteiger partial charge in [-0.1, -0.05) is 0 Å². The van der Waals surface area contributed by atoms with Gasteiger partial charge in [-0.25, -0.2) is 4.98 Å². The van der Waals surface area contributed by atoms with E-state index >= 15 is 0 Å². The van der Waals surface area contributed by atoms with Crippen LogP contribution in [0.5, 0.6) is 11.9 Å². The molecule has 2 aliphatic rings. The van der Waals surface area contributed by atoms with Crippen molar-refractivity contribution in [3.63, 3.8) is 0 Å². The molecule has 0 amide bonds. The van der Waals surface area contributed by atoms with E-state index in [4.69, 9.17) is 14.2 Å². The number of hydrogen-bond donors (Lipinski definition) is 1. The van der Waals surface area contributed by atoms with Crippen molar-refractivity contribution in [1.29, 1.82) is 0 Å². The highest BCUT2D eigenvalue weighted by Crippen LogP contribution is 2.42. The number of fused-ring (bicyclic) bond motifs is 2. The molecule has 3 rings (SSSR count). The number of morpholine rings is 1. The number of aliphatic hydroxyl groups is 1. The number of likely N-dealkylation sites (N-methyl/N-ethyl adjacent to an activating group) is 1. The zero-order valence-electron chi connectivity index (χ0n) is 12.6. The van der Waals surface area contributed by atoms with Gasteiger partial charge in [0.05, 0.1) is 38.6 Å². The molecular weight excluding hydrogens is 274 g/mol. The summed E-state index contributed by atoms with van der Waals surface area (Å²) in [5.74, 6) is 0.368. The van der Waals surface area contributed by atoms with Crippen molar-refractivity contribution < 1.29 is 19.3 Å². The van der Waals surface area contributed by atoms with Crippen molar-refractivity contribution in [2.45, 2.75) is 30.5 Å². The topological polar surface area (TPSA) is 76.9 Å². The van der Waals surface area contributed by atoms with E-state index in [1.807, 2.05) is 0 Å². The first kappa shape index (κ1) is 14.5. The van der Waals surface area contributed by atoms with Crippen LogP contribution in [0.3, 0.4) is 0 Å². The molecule has 1 aromatic heterocycles. The molecule has 0 saturated carbocycles. The van der Waals surface area contributed by atoms with Crippen LogP contribution in [0.25, 0.3) is 0 Å². The van der Waals surface area contributed by atoms with Crippen molar-refractivity contribution in [1.82, 2.24) is 14.9 Å². The molecule has 2 aliphatic heterocycles. The van der Waals surface area contributed by atoms with E-state index < -0.39 is 5.60 Å². The van der Waals surface area contributed by atoms with Crippen molar-refractivity contribution >= 4 is 0 Å². The molecule has 0 aromatic carbocycles. The Bertz CT molecular complexity index is 511. The highest BCUT2D eigenvalue weighted by Gasteiger charge is 2.47. The summed E-state index contributed by atoms with van der Waals surface area (Å²) in [5, 5.41) is 11.2. The highest BCUT2D eigenvalue weighted by molar-refractivity contribution is 5.32. The number of methoxy groups -OCH3 is 2. The second-order valence-corrected chi connectivity index (χ2v) is 5.73. The first-order valence-corrected chi connectivity index (χ1v) is 7.05. The Morgan fingerprint density at radius 2 is 1.95 bits per heavy atom. The standard InChI is InChI=1S/C14H21N3O4/c1-17-9-4-14(18,5-10(17)8-21-7-9)11-6-15-13(20-3)16-12(11)19-2/h6,9-10,18H,4-5,7-8H2,1-3H3. The Balaban J connectivity index is 1.95. The van der Waals surface area contributed by atoms with Crippen molar-refractivity contribution in [3.05, 3.63) is 11.8 Å².